The maximum absolute atomic E-state index is 12.6. The summed E-state index contributed by atoms with van der Waals surface area (Å²) >= 11 is 0. The van der Waals surface area contributed by atoms with E-state index in [4.69, 9.17) is 5.73 Å². The van der Waals surface area contributed by atoms with Crippen LogP contribution in [0.4, 0.5) is 24.9 Å². The number of nitrogens with zero attached hydrogens (tertiary/aromatic N) is 3. The average Bonchev–Trinajstić information content (AvgIpc) is 3.30. The summed E-state index contributed by atoms with van der Waals surface area (Å²) in [7, 11) is 0. The van der Waals surface area contributed by atoms with Gasteiger partial charge in [-0.25, -0.2) is 4.98 Å². The number of alkyl halides is 3. The number of para-hydroxylation sites is 1. The minimum atomic E-state index is -4.75. The van der Waals surface area contributed by atoms with Crippen molar-refractivity contribution in [3.63, 3.8) is 0 Å². The van der Waals surface area contributed by atoms with Crippen molar-refractivity contribution in [1.29, 1.82) is 0 Å². The van der Waals surface area contributed by atoms with Crippen LogP contribution in [0.5, 0.6) is 5.75 Å². The lowest BCUT2D eigenvalue weighted by molar-refractivity contribution is -0.274. The molecule has 1 saturated carbocycles. The Labute approximate surface area is 186 Å². The Hall–Kier alpha value is -2.55. The van der Waals surface area contributed by atoms with Gasteiger partial charge in [0.15, 0.2) is 0 Å². The molecule has 0 unspecified atom stereocenters. The normalized spacial score (nSPS) is 19.1. The van der Waals surface area contributed by atoms with Gasteiger partial charge in [-0.3, -0.25) is 4.90 Å². The molecule has 0 spiro atoms. The van der Waals surface area contributed by atoms with E-state index in [9.17, 15) is 13.2 Å². The van der Waals surface area contributed by atoms with E-state index in [2.05, 4.69) is 24.9 Å². The summed E-state index contributed by atoms with van der Waals surface area (Å²) in [5.41, 5.74) is 7.72. The molecule has 1 aromatic carbocycles. The van der Waals surface area contributed by atoms with Crippen molar-refractivity contribution in [1.82, 2.24) is 14.9 Å². The van der Waals surface area contributed by atoms with E-state index in [-0.39, 0.29) is 23.8 Å². The van der Waals surface area contributed by atoms with Crippen LogP contribution in [0.25, 0.3) is 0 Å². The SMILES string of the molecule is Nc1nc(NCc2ccccc2OC(F)(F)F)ncc1CC1(N2CCCC2)CCCCC1. The lowest BCUT2D eigenvalue weighted by atomic mass is 9.76. The first-order valence-corrected chi connectivity index (χ1v) is 11.3. The van der Waals surface area contributed by atoms with E-state index >= 15 is 0 Å². The molecule has 2 heterocycles. The zero-order valence-corrected chi connectivity index (χ0v) is 18.1. The van der Waals surface area contributed by atoms with E-state index in [1.807, 2.05) is 0 Å². The van der Waals surface area contributed by atoms with Crippen molar-refractivity contribution in [2.75, 3.05) is 24.1 Å². The lowest BCUT2D eigenvalue weighted by Crippen LogP contribution is -2.50. The van der Waals surface area contributed by atoms with Gasteiger partial charge in [0.2, 0.25) is 5.95 Å². The molecule has 0 amide bonds. The number of hydrogen-bond acceptors (Lipinski definition) is 6. The highest BCUT2D eigenvalue weighted by molar-refractivity contribution is 5.45. The van der Waals surface area contributed by atoms with Crippen LogP contribution < -0.4 is 15.8 Å². The third-order valence-corrected chi connectivity index (χ3v) is 6.61. The number of halogens is 3. The first-order valence-electron chi connectivity index (χ1n) is 11.3. The van der Waals surface area contributed by atoms with E-state index in [1.165, 1.54) is 57.1 Å². The molecule has 6 nitrogen and oxygen atoms in total. The van der Waals surface area contributed by atoms with Crippen molar-refractivity contribution in [2.45, 2.75) is 69.8 Å². The number of likely N-dealkylation sites (tertiary alicyclic amines) is 1. The van der Waals surface area contributed by atoms with Gasteiger partial charge in [-0.2, -0.15) is 4.98 Å². The molecule has 0 radical (unpaired) electrons. The van der Waals surface area contributed by atoms with Crippen LogP contribution in [-0.4, -0.2) is 39.9 Å². The van der Waals surface area contributed by atoms with Crippen LogP contribution >= 0.6 is 0 Å². The Bertz CT molecular complexity index is 909. The molecular formula is C23H30F3N5O. The number of nitrogens with one attached hydrogen (secondary N) is 1. The number of aromatic nitrogens is 2. The largest absolute Gasteiger partial charge is 0.573 e. The molecular weight excluding hydrogens is 419 g/mol. The van der Waals surface area contributed by atoms with Crippen LogP contribution in [0.15, 0.2) is 30.5 Å². The number of nitrogen functional groups attached to an aromatic ring is 1. The van der Waals surface area contributed by atoms with Crippen LogP contribution in [0, 0.1) is 0 Å². The first-order chi connectivity index (χ1) is 15.3. The van der Waals surface area contributed by atoms with Crippen LogP contribution in [0.1, 0.15) is 56.1 Å². The van der Waals surface area contributed by atoms with Gasteiger partial charge in [0.25, 0.3) is 0 Å². The quantitative estimate of drug-likeness (QED) is 0.626. The summed E-state index contributed by atoms with van der Waals surface area (Å²) < 4.78 is 42.0. The zero-order valence-electron chi connectivity index (χ0n) is 18.1. The molecule has 4 rings (SSSR count). The lowest BCUT2D eigenvalue weighted by Gasteiger charge is -2.45. The van der Waals surface area contributed by atoms with E-state index < -0.39 is 6.36 Å². The monoisotopic (exact) mass is 449 g/mol. The van der Waals surface area contributed by atoms with Gasteiger partial charge in [-0.15, -0.1) is 13.2 Å². The predicted molar refractivity (Wildman–Crippen MR) is 117 cm³/mol. The van der Waals surface area contributed by atoms with Crippen LogP contribution in [-0.2, 0) is 13.0 Å². The molecule has 1 aromatic heterocycles. The summed E-state index contributed by atoms with van der Waals surface area (Å²) in [4.78, 5) is 11.4. The number of nitrogens with two attached hydrogens (primary N) is 1. The number of rotatable bonds is 7. The number of hydrogen-bond donors (Lipinski definition) is 2. The molecule has 2 aromatic rings. The van der Waals surface area contributed by atoms with E-state index in [0.29, 0.717) is 11.4 Å². The fraction of sp³-hybridized carbons (Fsp3) is 0.565. The maximum Gasteiger partial charge on any atom is 0.573 e. The van der Waals surface area contributed by atoms with Gasteiger partial charge in [-0.05, 0) is 51.3 Å². The highest BCUT2D eigenvalue weighted by Gasteiger charge is 2.39. The molecule has 3 N–H and O–H groups in total. The smallest absolute Gasteiger partial charge is 0.405 e. The Kier molecular flexibility index (Phi) is 6.74. The standard InChI is InChI=1S/C23H30F3N5O/c24-23(25,26)32-19-9-3-2-8-17(19)15-28-21-29-16-18(20(27)30-21)14-22(10-4-1-5-11-22)31-12-6-7-13-31/h2-3,8-9,16H,1,4-7,10-15H2,(H3,27,28,29,30). The Balaban J connectivity index is 1.45. The van der Waals surface area contributed by atoms with Crippen LogP contribution in [0.2, 0.25) is 0 Å². The molecule has 0 atom stereocenters. The highest BCUT2D eigenvalue weighted by atomic mass is 19.4. The second-order valence-corrected chi connectivity index (χ2v) is 8.77. The van der Waals surface area contributed by atoms with Crippen molar-refractivity contribution >= 4 is 11.8 Å². The maximum atomic E-state index is 12.6. The third kappa shape index (κ3) is 5.43. The second-order valence-electron chi connectivity index (χ2n) is 8.77. The van der Waals surface area contributed by atoms with Gasteiger partial charge in [0, 0.05) is 29.4 Å². The highest BCUT2D eigenvalue weighted by Crippen LogP contribution is 2.39. The van der Waals surface area contributed by atoms with Crippen molar-refractivity contribution in [3.8, 4) is 5.75 Å². The molecule has 2 fully saturated rings. The predicted octanol–water partition coefficient (Wildman–Crippen LogP) is 4.91. The topological polar surface area (TPSA) is 76.3 Å². The van der Waals surface area contributed by atoms with Gasteiger partial charge >= 0.3 is 6.36 Å². The van der Waals surface area contributed by atoms with Gasteiger partial charge in [-0.1, -0.05) is 37.5 Å². The fourth-order valence-electron chi connectivity index (χ4n) is 5.05. The van der Waals surface area contributed by atoms with E-state index in [1.54, 1.807) is 18.3 Å². The van der Waals surface area contributed by atoms with E-state index in [0.717, 1.165) is 25.1 Å². The molecule has 2 aliphatic rings. The Morgan fingerprint density at radius 2 is 1.75 bits per heavy atom. The Morgan fingerprint density at radius 1 is 1.03 bits per heavy atom. The molecule has 1 aliphatic heterocycles. The second kappa shape index (κ2) is 9.52. The summed E-state index contributed by atoms with van der Waals surface area (Å²) in [6, 6.07) is 6.00. The number of ether oxygens (including phenoxy) is 1. The van der Waals surface area contributed by atoms with Crippen molar-refractivity contribution < 1.29 is 17.9 Å². The summed E-state index contributed by atoms with van der Waals surface area (Å²) in [6.45, 7) is 2.36. The molecule has 174 valence electrons. The Morgan fingerprint density at radius 3 is 2.44 bits per heavy atom. The van der Waals surface area contributed by atoms with Crippen LogP contribution in [0.3, 0.4) is 0 Å². The molecule has 9 heteroatoms. The first kappa shape index (κ1) is 22.6. The summed E-state index contributed by atoms with van der Waals surface area (Å²) in [5, 5.41) is 2.96. The van der Waals surface area contributed by atoms with Crippen molar-refractivity contribution in [3.05, 3.63) is 41.6 Å². The van der Waals surface area contributed by atoms with Crippen molar-refractivity contribution in [2.24, 2.45) is 0 Å². The zero-order chi connectivity index (χ0) is 22.6. The average molecular weight is 450 g/mol. The number of benzene rings is 1. The number of anilines is 2. The summed E-state index contributed by atoms with van der Waals surface area (Å²) in [5.74, 6) is 0.459. The fourth-order valence-corrected chi connectivity index (χ4v) is 5.05. The van der Waals surface area contributed by atoms with Gasteiger partial charge < -0.3 is 15.8 Å². The molecule has 32 heavy (non-hydrogen) atoms. The summed E-state index contributed by atoms with van der Waals surface area (Å²) in [6.07, 6.45) is 6.42. The van der Waals surface area contributed by atoms with Gasteiger partial charge in [0.05, 0.1) is 0 Å². The van der Waals surface area contributed by atoms with Gasteiger partial charge in [0.1, 0.15) is 11.6 Å². The minimum absolute atomic E-state index is 0.0861. The minimum Gasteiger partial charge on any atom is -0.405 e. The molecule has 1 aliphatic carbocycles. The molecule has 0 bridgehead atoms. The third-order valence-electron chi connectivity index (χ3n) is 6.61. The molecule has 1 saturated heterocycles.